The fraction of sp³-hybridized carbons (Fsp3) is 0.867. The molecule has 0 aromatic rings. The summed E-state index contributed by atoms with van der Waals surface area (Å²) in [7, 11) is 3.98. The van der Waals surface area contributed by atoms with Crippen LogP contribution in [0.25, 0.3) is 0 Å². The van der Waals surface area contributed by atoms with Crippen molar-refractivity contribution < 1.29 is 0 Å². The molecule has 0 radical (unpaired) electrons. The quantitative estimate of drug-likeness (QED) is 0.541. The Morgan fingerprint density at radius 2 is 1.88 bits per heavy atom. The fourth-order valence-electron chi connectivity index (χ4n) is 1.80. The zero-order valence-corrected chi connectivity index (χ0v) is 12.6. The van der Waals surface area contributed by atoms with Crippen LogP contribution >= 0.6 is 0 Å². The Morgan fingerprint density at radius 3 is 2.35 bits per heavy atom. The van der Waals surface area contributed by atoms with Gasteiger partial charge < -0.3 is 10.2 Å². The lowest BCUT2D eigenvalue weighted by molar-refractivity contribution is 0.264. The summed E-state index contributed by atoms with van der Waals surface area (Å²) in [5.41, 5.74) is 0.148. The molecule has 17 heavy (non-hydrogen) atoms. The van der Waals surface area contributed by atoms with E-state index in [-0.39, 0.29) is 5.54 Å². The Kier molecular flexibility index (Phi) is 8.08. The van der Waals surface area contributed by atoms with Gasteiger partial charge in [0.1, 0.15) is 0 Å². The molecule has 0 heterocycles. The number of rotatable bonds is 7. The van der Waals surface area contributed by atoms with Gasteiger partial charge in [-0.15, -0.1) is 0 Å². The molecule has 0 aliphatic carbocycles. The van der Waals surface area contributed by atoms with Gasteiger partial charge in [0.15, 0.2) is 0 Å². The van der Waals surface area contributed by atoms with E-state index in [2.05, 4.69) is 45.0 Å². The molecule has 0 amide bonds. The number of hydrogen-bond donors (Lipinski definition) is 1. The molecule has 2 nitrogen and oxygen atoms in total. The molecule has 0 fully saturated rings. The monoisotopic (exact) mass is 238 g/mol. The van der Waals surface area contributed by atoms with Crippen LogP contribution in [-0.2, 0) is 0 Å². The minimum absolute atomic E-state index is 0.148. The Hall–Kier alpha value is -0.680. The second-order valence-electron chi connectivity index (χ2n) is 5.32. The van der Waals surface area contributed by atoms with Crippen LogP contribution in [0.1, 0.15) is 53.4 Å². The van der Waals surface area contributed by atoms with Gasteiger partial charge in [-0.05, 0) is 33.2 Å². The smallest absolute Gasteiger partial charge is 0.0372 e. The van der Waals surface area contributed by atoms with Crippen LogP contribution in [0.4, 0.5) is 0 Å². The summed E-state index contributed by atoms with van der Waals surface area (Å²) in [6.45, 7) is 10.1. The first-order chi connectivity index (χ1) is 7.96. The molecule has 2 heteroatoms. The fourth-order valence-corrected chi connectivity index (χ4v) is 1.80. The Morgan fingerprint density at radius 1 is 1.24 bits per heavy atom. The largest absolute Gasteiger partial charge is 0.339 e. The van der Waals surface area contributed by atoms with E-state index in [1.807, 2.05) is 19.0 Å². The van der Waals surface area contributed by atoms with Gasteiger partial charge in [0.25, 0.3) is 0 Å². The van der Waals surface area contributed by atoms with Crippen molar-refractivity contribution in [2.45, 2.75) is 58.9 Å². The minimum atomic E-state index is 0.148. The summed E-state index contributed by atoms with van der Waals surface area (Å²) < 4.78 is 0. The lowest BCUT2D eigenvalue weighted by Gasteiger charge is -2.34. The highest BCUT2D eigenvalue weighted by atomic mass is 15.0. The first-order valence-corrected chi connectivity index (χ1v) is 6.89. The summed E-state index contributed by atoms with van der Waals surface area (Å²) in [5, 5.41) is 3.68. The lowest BCUT2D eigenvalue weighted by Crippen LogP contribution is -2.47. The number of unbranched alkanes of at least 4 members (excludes halogenated alkanes) is 1. The highest BCUT2D eigenvalue weighted by Crippen LogP contribution is 2.23. The number of hydrogen-bond acceptors (Lipinski definition) is 2. The van der Waals surface area contributed by atoms with Crippen molar-refractivity contribution in [1.29, 1.82) is 0 Å². The van der Waals surface area contributed by atoms with Crippen molar-refractivity contribution in [1.82, 2.24) is 10.2 Å². The molecular weight excluding hydrogens is 208 g/mol. The first-order valence-electron chi connectivity index (χ1n) is 6.89. The predicted octanol–water partition coefficient (Wildman–Crippen LogP) is 3.09. The summed E-state index contributed by atoms with van der Waals surface area (Å²) in [6.07, 6.45) is 4.89. The molecule has 2 unspecified atom stereocenters. The van der Waals surface area contributed by atoms with Crippen LogP contribution < -0.4 is 5.32 Å². The van der Waals surface area contributed by atoms with Crippen LogP contribution in [0, 0.1) is 17.9 Å². The van der Waals surface area contributed by atoms with E-state index in [0.717, 1.165) is 6.54 Å². The Labute approximate surface area is 108 Å². The molecule has 0 aromatic carbocycles. The summed E-state index contributed by atoms with van der Waals surface area (Å²) >= 11 is 0. The van der Waals surface area contributed by atoms with Crippen molar-refractivity contribution in [2.75, 3.05) is 20.6 Å². The SMILES string of the molecule is CCCCC(C)(NCCC)C(C)C#CN(C)C. The molecule has 2 atom stereocenters. The van der Waals surface area contributed by atoms with Crippen molar-refractivity contribution in [2.24, 2.45) is 5.92 Å². The van der Waals surface area contributed by atoms with Gasteiger partial charge in [0.05, 0.1) is 0 Å². The molecule has 0 aliphatic heterocycles. The average Bonchev–Trinajstić information content (AvgIpc) is 2.30. The maximum absolute atomic E-state index is 3.68. The minimum Gasteiger partial charge on any atom is -0.339 e. The normalized spacial score (nSPS) is 15.6. The van der Waals surface area contributed by atoms with Crippen molar-refractivity contribution in [3.8, 4) is 12.0 Å². The van der Waals surface area contributed by atoms with Gasteiger partial charge in [-0.25, -0.2) is 0 Å². The maximum atomic E-state index is 3.68. The van der Waals surface area contributed by atoms with Crippen molar-refractivity contribution in [3.63, 3.8) is 0 Å². The maximum Gasteiger partial charge on any atom is 0.0372 e. The molecule has 1 N–H and O–H groups in total. The predicted molar refractivity (Wildman–Crippen MR) is 76.9 cm³/mol. The van der Waals surface area contributed by atoms with E-state index in [1.165, 1.54) is 25.7 Å². The molecule has 0 aromatic heterocycles. The first kappa shape index (κ1) is 16.3. The molecule has 0 spiro atoms. The van der Waals surface area contributed by atoms with E-state index in [0.29, 0.717) is 5.92 Å². The Bertz CT molecular complexity index is 239. The van der Waals surface area contributed by atoms with Gasteiger partial charge in [0, 0.05) is 31.6 Å². The second kappa shape index (κ2) is 8.42. The van der Waals surface area contributed by atoms with Gasteiger partial charge in [-0.2, -0.15) is 0 Å². The van der Waals surface area contributed by atoms with Gasteiger partial charge >= 0.3 is 0 Å². The van der Waals surface area contributed by atoms with Crippen LogP contribution in [0.5, 0.6) is 0 Å². The van der Waals surface area contributed by atoms with E-state index >= 15 is 0 Å². The van der Waals surface area contributed by atoms with Gasteiger partial charge in [0.2, 0.25) is 0 Å². The highest BCUT2D eigenvalue weighted by Gasteiger charge is 2.28. The van der Waals surface area contributed by atoms with E-state index in [4.69, 9.17) is 0 Å². The van der Waals surface area contributed by atoms with Crippen LogP contribution in [0.15, 0.2) is 0 Å². The molecule has 0 aliphatic rings. The van der Waals surface area contributed by atoms with E-state index < -0.39 is 0 Å². The summed E-state index contributed by atoms with van der Waals surface area (Å²) in [6, 6.07) is 3.15. The third-order valence-electron chi connectivity index (χ3n) is 3.29. The third-order valence-corrected chi connectivity index (χ3v) is 3.29. The molecule has 0 bridgehead atoms. The molecule has 0 saturated heterocycles. The third kappa shape index (κ3) is 6.58. The topological polar surface area (TPSA) is 15.3 Å². The number of nitrogens with one attached hydrogen (secondary N) is 1. The zero-order valence-electron chi connectivity index (χ0n) is 12.6. The van der Waals surface area contributed by atoms with Crippen LogP contribution in [0.3, 0.4) is 0 Å². The van der Waals surface area contributed by atoms with Gasteiger partial charge in [-0.1, -0.05) is 32.6 Å². The highest BCUT2D eigenvalue weighted by molar-refractivity contribution is 5.09. The van der Waals surface area contributed by atoms with Crippen molar-refractivity contribution in [3.05, 3.63) is 0 Å². The molecular formula is C15H30N2. The second-order valence-corrected chi connectivity index (χ2v) is 5.32. The van der Waals surface area contributed by atoms with Crippen LogP contribution in [-0.4, -0.2) is 31.1 Å². The van der Waals surface area contributed by atoms with E-state index in [9.17, 15) is 0 Å². The standard InChI is InChI=1S/C15H30N2/c1-7-9-11-15(4,16-12-8-2)14(3)10-13-17(5)6/h14,16H,7-9,11-12H2,1-6H3. The zero-order chi connectivity index (χ0) is 13.3. The van der Waals surface area contributed by atoms with Crippen molar-refractivity contribution >= 4 is 0 Å². The average molecular weight is 238 g/mol. The van der Waals surface area contributed by atoms with Crippen LogP contribution in [0.2, 0.25) is 0 Å². The molecule has 0 rings (SSSR count). The lowest BCUT2D eigenvalue weighted by atomic mass is 9.82. The molecule has 0 saturated carbocycles. The van der Waals surface area contributed by atoms with E-state index in [1.54, 1.807) is 0 Å². The van der Waals surface area contributed by atoms with Gasteiger partial charge in [-0.3, -0.25) is 0 Å². The summed E-state index contributed by atoms with van der Waals surface area (Å²) in [5.74, 6) is 3.73. The Balaban J connectivity index is 4.59. The summed E-state index contributed by atoms with van der Waals surface area (Å²) in [4.78, 5) is 1.93. The molecule has 100 valence electrons. The number of nitrogens with zero attached hydrogens (tertiary/aromatic N) is 1.